The number of ether oxygens (including phenoxy) is 2. The molecular formula is C25H38O4Si. The fraction of sp³-hybridized carbons (Fsp3) is 0.640. The number of rotatable bonds is 7. The van der Waals surface area contributed by atoms with E-state index < -0.39 is 19.9 Å². The van der Waals surface area contributed by atoms with Gasteiger partial charge in [0.25, 0.3) is 0 Å². The molecule has 0 aromatic heterocycles. The van der Waals surface area contributed by atoms with Crippen LogP contribution >= 0.6 is 0 Å². The summed E-state index contributed by atoms with van der Waals surface area (Å²) in [5, 5.41) is 0.164. The van der Waals surface area contributed by atoms with Crippen molar-refractivity contribution in [2.75, 3.05) is 6.61 Å². The zero-order chi connectivity index (χ0) is 23.0. The maximum Gasteiger partial charge on any atom is 0.339 e. The number of epoxide rings is 1. The van der Waals surface area contributed by atoms with Crippen molar-refractivity contribution >= 4 is 14.3 Å². The zero-order valence-electron chi connectivity index (χ0n) is 19.9. The molecule has 0 unspecified atom stereocenters. The Kier molecular flexibility index (Phi) is 6.69. The molecule has 1 heterocycles. The number of terminal acetylenes is 1. The van der Waals surface area contributed by atoms with Crippen molar-refractivity contribution in [1.29, 1.82) is 0 Å². The van der Waals surface area contributed by atoms with Gasteiger partial charge in [0.1, 0.15) is 17.8 Å². The van der Waals surface area contributed by atoms with E-state index in [4.69, 9.17) is 20.3 Å². The fourth-order valence-corrected chi connectivity index (χ4v) is 5.76. The van der Waals surface area contributed by atoms with Crippen LogP contribution in [-0.2, 0) is 18.7 Å². The minimum atomic E-state index is -1.87. The van der Waals surface area contributed by atoms with Crippen molar-refractivity contribution in [3.8, 4) is 12.3 Å². The van der Waals surface area contributed by atoms with Gasteiger partial charge in [0.15, 0.2) is 8.32 Å². The van der Waals surface area contributed by atoms with E-state index in [1.54, 1.807) is 6.08 Å². The molecule has 0 spiro atoms. The summed E-state index contributed by atoms with van der Waals surface area (Å²) >= 11 is 0. The first kappa shape index (κ1) is 24.7. The van der Waals surface area contributed by atoms with Gasteiger partial charge in [-0.25, -0.2) is 4.79 Å². The molecule has 3 atom stereocenters. The first-order chi connectivity index (χ1) is 13.6. The summed E-state index contributed by atoms with van der Waals surface area (Å²) in [5.74, 6) is 1.96. The topological polar surface area (TPSA) is 48.1 Å². The fourth-order valence-electron chi connectivity index (χ4n) is 4.41. The average Bonchev–Trinajstić information content (AvgIpc) is 3.21. The lowest BCUT2D eigenvalue weighted by Gasteiger charge is -2.45. The molecule has 0 aromatic carbocycles. The minimum absolute atomic E-state index is 0.145. The van der Waals surface area contributed by atoms with Gasteiger partial charge in [0, 0.05) is 24.0 Å². The molecule has 1 aliphatic heterocycles. The quantitative estimate of drug-likeness (QED) is 0.101. The molecule has 1 aliphatic carbocycles. The van der Waals surface area contributed by atoms with Crippen LogP contribution in [0.2, 0.25) is 18.1 Å². The molecule has 2 fully saturated rings. The highest BCUT2D eigenvalue weighted by molar-refractivity contribution is 6.74. The number of carbonyl (C=O) groups is 1. The van der Waals surface area contributed by atoms with Crippen LogP contribution in [0.15, 0.2) is 36.5 Å². The second-order valence-corrected chi connectivity index (χ2v) is 15.6. The maximum absolute atomic E-state index is 12.3. The second-order valence-electron chi connectivity index (χ2n) is 10.8. The van der Waals surface area contributed by atoms with Gasteiger partial charge < -0.3 is 13.9 Å². The van der Waals surface area contributed by atoms with Crippen LogP contribution in [0.5, 0.6) is 0 Å². The first-order valence-electron chi connectivity index (χ1n) is 10.7. The highest BCUT2D eigenvalue weighted by atomic mass is 28.4. The third-order valence-electron chi connectivity index (χ3n) is 7.06. The summed E-state index contributed by atoms with van der Waals surface area (Å²) < 4.78 is 18.3. The Morgan fingerprint density at radius 3 is 2.43 bits per heavy atom. The maximum atomic E-state index is 12.3. The van der Waals surface area contributed by atoms with Crippen molar-refractivity contribution in [3.63, 3.8) is 0 Å². The number of esters is 1. The van der Waals surface area contributed by atoms with Gasteiger partial charge in [0.05, 0.1) is 5.57 Å². The number of carbonyl (C=O) groups excluding carboxylic acids is 1. The summed E-state index contributed by atoms with van der Waals surface area (Å²) in [6.45, 7) is 21.7. The van der Waals surface area contributed by atoms with Crippen molar-refractivity contribution in [2.24, 2.45) is 5.41 Å². The summed E-state index contributed by atoms with van der Waals surface area (Å²) in [6.07, 6.45) is 14.0. The van der Waals surface area contributed by atoms with E-state index in [1.165, 1.54) is 12.2 Å². The van der Waals surface area contributed by atoms with Crippen LogP contribution < -0.4 is 0 Å². The third-order valence-corrected chi connectivity index (χ3v) is 11.6. The molecule has 2 rings (SSSR count). The Labute approximate surface area is 183 Å². The highest BCUT2D eigenvalue weighted by Gasteiger charge is 2.75. The van der Waals surface area contributed by atoms with Crippen molar-refractivity contribution in [1.82, 2.24) is 0 Å². The van der Waals surface area contributed by atoms with Crippen LogP contribution in [0.1, 0.15) is 54.4 Å². The smallest absolute Gasteiger partial charge is 0.339 e. The molecule has 1 saturated carbocycles. The first-order valence-corrected chi connectivity index (χ1v) is 13.6. The Morgan fingerprint density at radius 1 is 1.30 bits per heavy atom. The predicted octanol–water partition coefficient (Wildman–Crippen LogP) is 5.57. The van der Waals surface area contributed by atoms with Gasteiger partial charge in [0.2, 0.25) is 0 Å². The molecule has 0 aromatic rings. The van der Waals surface area contributed by atoms with Crippen molar-refractivity contribution < 1.29 is 18.7 Å². The number of hydrogen-bond donors (Lipinski definition) is 0. The standard InChI is InChI=1S/C25H38O4Si/c1-11-13-19(21(26)27-16-12-2)14-15-25-23(6,7)17-20(18-24(25,8)29-25)28-30(9,10)22(3,4)5/h1,12-15,20H,2,16-18H2,3-10H3/b15-14+,19-13-/t20-,24+,25-/m0/s1. The van der Waals surface area contributed by atoms with E-state index >= 15 is 0 Å². The highest BCUT2D eigenvalue weighted by Crippen LogP contribution is 2.66. The Hall–Kier alpha value is -1.61. The van der Waals surface area contributed by atoms with Gasteiger partial charge >= 0.3 is 5.97 Å². The number of fused-ring (bicyclic) bond motifs is 1. The van der Waals surface area contributed by atoms with Crippen LogP contribution in [0, 0.1) is 17.8 Å². The summed E-state index contributed by atoms with van der Waals surface area (Å²) in [4.78, 5) is 12.3. The van der Waals surface area contributed by atoms with E-state index in [0.29, 0.717) is 5.57 Å². The Bertz CT molecular complexity index is 793. The molecule has 2 aliphatic rings. The molecule has 166 valence electrons. The monoisotopic (exact) mass is 430 g/mol. The summed E-state index contributed by atoms with van der Waals surface area (Å²) in [7, 11) is -1.87. The van der Waals surface area contributed by atoms with E-state index in [0.717, 1.165) is 12.8 Å². The minimum Gasteiger partial charge on any atom is -0.458 e. The van der Waals surface area contributed by atoms with Crippen molar-refractivity contribution in [2.45, 2.75) is 89.8 Å². The molecule has 0 N–H and O–H groups in total. The molecule has 5 heteroatoms. The van der Waals surface area contributed by atoms with E-state index in [9.17, 15) is 4.79 Å². The summed E-state index contributed by atoms with van der Waals surface area (Å²) in [6, 6.07) is 0. The van der Waals surface area contributed by atoms with Crippen LogP contribution in [0.4, 0.5) is 0 Å². The van der Waals surface area contributed by atoms with E-state index in [2.05, 4.69) is 67.1 Å². The third kappa shape index (κ3) is 4.51. The average molecular weight is 431 g/mol. The van der Waals surface area contributed by atoms with Crippen LogP contribution in [-0.4, -0.2) is 38.2 Å². The predicted molar refractivity (Wildman–Crippen MR) is 125 cm³/mol. The van der Waals surface area contributed by atoms with E-state index in [1.807, 2.05) is 6.08 Å². The van der Waals surface area contributed by atoms with E-state index in [-0.39, 0.29) is 28.8 Å². The molecule has 30 heavy (non-hydrogen) atoms. The number of hydrogen-bond acceptors (Lipinski definition) is 4. The van der Waals surface area contributed by atoms with Gasteiger partial charge in [-0.15, -0.1) is 6.42 Å². The molecule has 0 radical (unpaired) electrons. The lowest BCUT2D eigenvalue weighted by Crippen LogP contribution is -2.51. The van der Waals surface area contributed by atoms with Gasteiger partial charge in [-0.2, -0.15) is 0 Å². The van der Waals surface area contributed by atoms with Gasteiger partial charge in [-0.3, -0.25) is 0 Å². The van der Waals surface area contributed by atoms with Crippen LogP contribution in [0.25, 0.3) is 0 Å². The molecular weight excluding hydrogens is 392 g/mol. The summed E-state index contributed by atoms with van der Waals surface area (Å²) in [5.41, 5.74) is -0.609. The second kappa shape index (κ2) is 8.14. The Morgan fingerprint density at radius 2 is 1.93 bits per heavy atom. The molecule has 0 bridgehead atoms. The largest absolute Gasteiger partial charge is 0.458 e. The van der Waals surface area contributed by atoms with Crippen LogP contribution in [0.3, 0.4) is 0 Å². The lowest BCUT2D eigenvalue weighted by molar-refractivity contribution is -0.137. The number of allylic oxidation sites excluding steroid dienone is 1. The molecule has 1 saturated heterocycles. The normalized spacial score (nSPS) is 31.0. The zero-order valence-corrected chi connectivity index (χ0v) is 20.9. The molecule has 4 nitrogen and oxygen atoms in total. The van der Waals surface area contributed by atoms with Gasteiger partial charge in [-0.1, -0.05) is 53.2 Å². The van der Waals surface area contributed by atoms with Gasteiger partial charge in [-0.05, 0) is 43.6 Å². The SMILES string of the molecule is C#C/C=C(/C=C/[C@@]12O[C@]1(C)C[C@@H](O[Si](C)(C)C(C)(C)C)CC2(C)C)C(=O)OCC=C. The lowest BCUT2D eigenvalue weighted by atomic mass is 9.63. The Balaban J connectivity index is 2.23. The molecule has 0 amide bonds. The van der Waals surface area contributed by atoms with Crippen molar-refractivity contribution in [3.05, 3.63) is 36.5 Å².